The molecular weight excluding hydrogens is 252 g/mol. The van der Waals surface area contributed by atoms with Crippen LogP contribution in [0.1, 0.15) is 27.7 Å². The number of hydrogen-bond donors (Lipinski definition) is 2. The van der Waals surface area contributed by atoms with Crippen LogP contribution in [0.25, 0.3) is 0 Å². The first-order valence-corrected chi connectivity index (χ1v) is 7.31. The Morgan fingerprint density at radius 3 is 2.50 bits per heavy atom. The molecule has 0 spiro atoms. The Balaban J connectivity index is 2.63. The Kier molecular flexibility index (Phi) is 6.20. The number of hydrogen-bond acceptors (Lipinski definition) is 4. The summed E-state index contributed by atoms with van der Waals surface area (Å²) in [6, 6.07) is 0.363. The van der Waals surface area contributed by atoms with Crippen molar-refractivity contribution in [1.29, 1.82) is 5.41 Å². The quantitative estimate of drug-likeness (QED) is 0.721. The standard InChI is InChI=1S/C15H28N4O/c1-11(2)13(8-17-12(3)4)14(16)9-19-7-6-18(5)15(20)10-19/h8,11-12,16-17H,6-7,9-10H2,1-5H3/b13-8-,16-14?. The van der Waals surface area contributed by atoms with E-state index in [4.69, 9.17) is 5.41 Å². The third-order valence-corrected chi connectivity index (χ3v) is 3.46. The van der Waals surface area contributed by atoms with Gasteiger partial charge in [-0.25, -0.2) is 0 Å². The number of rotatable bonds is 6. The predicted octanol–water partition coefficient (Wildman–Crippen LogP) is 1.32. The van der Waals surface area contributed by atoms with Crippen LogP contribution in [0.2, 0.25) is 0 Å². The fraction of sp³-hybridized carbons (Fsp3) is 0.733. The molecule has 1 aliphatic heterocycles. The van der Waals surface area contributed by atoms with E-state index < -0.39 is 0 Å². The highest BCUT2D eigenvalue weighted by atomic mass is 16.2. The fourth-order valence-electron chi connectivity index (χ4n) is 2.12. The molecule has 0 radical (unpaired) electrons. The van der Waals surface area contributed by atoms with Crippen molar-refractivity contribution < 1.29 is 4.79 Å². The summed E-state index contributed by atoms with van der Waals surface area (Å²) in [4.78, 5) is 15.5. The topological polar surface area (TPSA) is 59.4 Å². The zero-order chi connectivity index (χ0) is 15.3. The largest absolute Gasteiger partial charge is 0.388 e. The zero-order valence-corrected chi connectivity index (χ0v) is 13.4. The van der Waals surface area contributed by atoms with E-state index in [2.05, 4.69) is 37.9 Å². The first-order valence-electron chi connectivity index (χ1n) is 7.31. The van der Waals surface area contributed by atoms with Gasteiger partial charge in [-0.3, -0.25) is 9.69 Å². The number of nitrogens with zero attached hydrogens (tertiary/aromatic N) is 2. The lowest BCUT2D eigenvalue weighted by atomic mass is 9.98. The Morgan fingerprint density at radius 1 is 1.35 bits per heavy atom. The summed E-state index contributed by atoms with van der Waals surface area (Å²) < 4.78 is 0. The van der Waals surface area contributed by atoms with Gasteiger partial charge in [0.2, 0.25) is 5.91 Å². The van der Waals surface area contributed by atoms with Gasteiger partial charge in [-0.05, 0) is 25.3 Å². The van der Waals surface area contributed by atoms with Crippen molar-refractivity contribution in [2.24, 2.45) is 5.92 Å². The second kappa shape index (κ2) is 7.43. The van der Waals surface area contributed by atoms with Gasteiger partial charge in [0.1, 0.15) is 0 Å². The van der Waals surface area contributed by atoms with E-state index >= 15 is 0 Å². The molecular formula is C15H28N4O. The van der Waals surface area contributed by atoms with E-state index in [1.165, 1.54) is 0 Å². The van der Waals surface area contributed by atoms with Gasteiger partial charge >= 0.3 is 0 Å². The van der Waals surface area contributed by atoms with Crippen molar-refractivity contribution in [3.05, 3.63) is 11.8 Å². The maximum atomic E-state index is 11.7. The number of amides is 1. The summed E-state index contributed by atoms with van der Waals surface area (Å²) in [6.07, 6.45) is 1.95. The highest BCUT2D eigenvalue weighted by Gasteiger charge is 2.22. The van der Waals surface area contributed by atoms with Crippen molar-refractivity contribution in [2.75, 3.05) is 33.2 Å². The van der Waals surface area contributed by atoms with Crippen LogP contribution in [0.5, 0.6) is 0 Å². The summed E-state index contributed by atoms with van der Waals surface area (Å²) in [6.45, 7) is 10.9. The summed E-state index contributed by atoms with van der Waals surface area (Å²) >= 11 is 0. The average Bonchev–Trinajstić information content (AvgIpc) is 2.33. The minimum atomic E-state index is 0.138. The van der Waals surface area contributed by atoms with E-state index in [0.29, 0.717) is 30.8 Å². The van der Waals surface area contributed by atoms with Gasteiger partial charge in [-0.2, -0.15) is 0 Å². The first-order chi connectivity index (χ1) is 9.31. The van der Waals surface area contributed by atoms with E-state index in [-0.39, 0.29) is 5.91 Å². The van der Waals surface area contributed by atoms with Crippen LogP contribution in [0, 0.1) is 11.3 Å². The molecule has 114 valence electrons. The smallest absolute Gasteiger partial charge is 0.236 e. The molecule has 1 saturated heterocycles. The molecule has 0 unspecified atom stereocenters. The Bertz CT molecular complexity index is 387. The van der Waals surface area contributed by atoms with Crippen LogP contribution in [-0.4, -0.2) is 60.7 Å². The van der Waals surface area contributed by atoms with Crippen molar-refractivity contribution >= 4 is 11.6 Å². The Labute approximate surface area is 122 Å². The van der Waals surface area contributed by atoms with Crippen LogP contribution in [0.3, 0.4) is 0 Å². The normalized spacial score (nSPS) is 18.1. The van der Waals surface area contributed by atoms with Gasteiger partial charge in [0.05, 0.1) is 12.3 Å². The zero-order valence-electron chi connectivity index (χ0n) is 13.4. The molecule has 1 heterocycles. The number of piperazine rings is 1. The Hall–Kier alpha value is -1.36. The van der Waals surface area contributed by atoms with E-state index in [1.807, 2.05) is 13.2 Å². The third-order valence-electron chi connectivity index (χ3n) is 3.46. The maximum Gasteiger partial charge on any atom is 0.236 e. The lowest BCUT2D eigenvalue weighted by Gasteiger charge is -2.32. The summed E-state index contributed by atoms with van der Waals surface area (Å²) in [5.41, 5.74) is 1.62. The van der Waals surface area contributed by atoms with Crippen molar-refractivity contribution in [3.8, 4) is 0 Å². The summed E-state index contributed by atoms with van der Waals surface area (Å²) in [5.74, 6) is 0.441. The van der Waals surface area contributed by atoms with Gasteiger partial charge in [0, 0.05) is 38.9 Å². The number of nitrogens with one attached hydrogen (secondary N) is 2. The predicted molar refractivity (Wildman–Crippen MR) is 83.0 cm³/mol. The average molecular weight is 280 g/mol. The van der Waals surface area contributed by atoms with Gasteiger partial charge in [0.15, 0.2) is 0 Å². The summed E-state index contributed by atoms with van der Waals surface area (Å²) in [5, 5.41) is 11.6. The lowest BCUT2D eigenvalue weighted by Crippen LogP contribution is -2.50. The molecule has 0 aliphatic carbocycles. The van der Waals surface area contributed by atoms with E-state index in [1.54, 1.807) is 4.90 Å². The monoisotopic (exact) mass is 280 g/mol. The number of likely N-dealkylation sites (N-methyl/N-ethyl adjacent to an activating group) is 1. The second-order valence-electron chi connectivity index (χ2n) is 6.08. The van der Waals surface area contributed by atoms with Gasteiger partial charge in [0.25, 0.3) is 0 Å². The number of carbonyl (C=O) groups is 1. The molecule has 1 fully saturated rings. The molecule has 1 rings (SSSR count). The van der Waals surface area contributed by atoms with Crippen molar-refractivity contribution in [3.63, 3.8) is 0 Å². The molecule has 5 heteroatoms. The van der Waals surface area contributed by atoms with E-state index in [9.17, 15) is 4.79 Å². The van der Waals surface area contributed by atoms with Crippen LogP contribution in [0.15, 0.2) is 11.8 Å². The second-order valence-corrected chi connectivity index (χ2v) is 6.08. The van der Waals surface area contributed by atoms with Gasteiger partial charge in [-0.1, -0.05) is 13.8 Å². The molecule has 1 amide bonds. The SMILES string of the molecule is CC(C)N/C=C(\C(=N)CN1CCN(C)C(=O)C1)C(C)C. The van der Waals surface area contributed by atoms with Crippen LogP contribution < -0.4 is 5.32 Å². The molecule has 0 aromatic carbocycles. The lowest BCUT2D eigenvalue weighted by molar-refractivity contribution is -0.134. The molecule has 0 aromatic heterocycles. The van der Waals surface area contributed by atoms with Crippen molar-refractivity contribution in [2.45, 2.75) is 33.7 Å². The molecule has 1 aliphatic rings. The van der Waals surface area contributed by atoms with Gasteiger partial charge in [-0.15, -0.1) is 0 Å². The fourth-order valence-corrected chi connectivity index (χ4v) is 2.12. The minimum absolute atomic E-state index is 0.138. The molecule has 0 aromatic rings. The van der Waals surface area contributed by atoms with Crippen molar-refractivity contribution in [1.82, 2.24) is 15.1 Å². The van der Waals surface area contributed by atoms with Crippen LogP contribution in [-0.2, 0) is 4.79 Å². The van der Waals surface area contributed by atoms with Gasteiger partial charge < -0.3 is 15.6 Å². The highest BCUT2D eigenvalue weighted by Crippen LogP contribution is 2.12. The summed E-state index contributed by atoms with van der Waals surface area (Å²) in [7, 11) is 1.83. The molecule has 2 N–H and O–H groups in total. The number of carbonyl (C=O) groups excluding carboxylic acids is 1. The molecule has 5 nitrogen and oxygen atoms in total. The molecule has 0 saturated carbocycles. The van der Waals surface area contributed by atoms with Crippen LogP contribution in [0.4, 0.5) is 0 Å². The molecule has 20 heavy (non-hydrogen) atoms. The maximum absolute atomic E-state index is 11.7. The molecule has 0 atom stereocenters. The highest BCUT2D eigenvalue weighted by molar-refractivity contribution is 5.99. The van der Waals surface area contributed by atoms with E-state index in [0.717, 1.165) is 18.7 Å². The van der Waals surface area contributed by atoms with Crippen LogP contribution >= 0.6 is 0 Å². The third kappa shape index (κ3) is 4.96. The Morgan fingerprint density at radius 2 is 2.00 bits per heavy atom. The first kappa shape index (κ1) is 16.7. The minimum Gasteiger partial charge on any atom is -0.388 e. The molecule has 0 bridgehead atoms.